The molecule has 130 valence electrons. The first-order valence-corrected chi connectivity index (χ1v) is 9.60. The summed E-state index contributed by atoms with van der Waals surface area (Å²) in [5, 5.41) is 11.9. The number of carbonyl (C=O) groups is 1. The molecule has 6 heteroatoms. The van der Waals surface area contributed by atoms with Crippen LogP contribution >= 0.6 is 34.2 Å². The van der Waals surface area contributed by atoms with Crippen LogP contribution in [-0.2, 0) is 0 Å². The van der Waals surface area contributed by atoms with Gasteiger partial charge in [0, 0.05) is 16.0 Å². The first kappa shape index (κ1) is 18.2. The average molecular weight is 468 g/mol. The van der Waals surface area contributed by atoms with E-state index in [0.29, 0.717) is 16.5 Å². The Labute approximate surface area is 165 Å². The van der Waals surface area contributed by atoms with Gasteiger partial charge in [-0.15, -0.1) is 0 Å². The molecule has 1 amide bonds. The first-order valence-electron chi connectivity index (χ1n) is 8.14. The highest BCUT2D eigenvalue weighted by Crippen LogP contribution is 2.28. The van der Waals surface area contributed by atoms with Crippen LogP contribution in [0.4, 0.5) is 0 Å². The minimum atomic E-state index is -0.125. The Morgan fingerprint density at radius 3 is 2.76 bits per heavy atom. The third kappa shape index (κ3) is 4.15. The maximum absolute atomic E-state index is 12.8. The van der Waals surface area contributed by atoms with E-state index in [1.807, 2.05) is 36.4 Å². The molecule has 4 nitrogen and oxygen atoms in total. The van der Waals surface area contributed by atoms with Crippen molar-refractivity contribution in [3.63, 3.8) is 0 Å². The van der Waals surface area contributed by atoms with Crippen molar-refractivity contribution in [2.75, 3.05) is 0 Å². The highest BCUT2D eigenvalue weighted by molar-refractivity contribution is 14.1. The predicted molar refractivity (Wildman–Crippen MR) is 110 cm³/mol. The minimum Gasteiger partial charge on any atom is -0.345 e. The molecule has 0 bridgehead atoms. The molecule has 0 fully saturated rings. The number of rotatable bonds is 5. The SMILES string of the molecule is CC(C)C[C@H](NC(=O)c1ccc2n[nH]c(I)c2c1)c1ccccc1Cl. The molecule has 0 spiro atoms. The summed E-state index contributed by atoms with van der Waals surface area (Å²) >= 11 is 8.53. The lowest BCUT2D eigenvalue weighted by atomic mass is 9.96. The van der Waals surface area contributed by atoms with Crippen LogP contribution in [0.3, 0.4) is 0 Å². The Hall–Kier alpha value is -1.60. The van der Waals surface area contributed by atoms with E-state index in [1.165, 1.54) is 0 Å². The fraction of sp³-hybridized carbons (Fsp3) is 0.263. The van der Waals surface area contributed by atoms with Crippen LogP contribution in [0.5, 0.6) is 0 Å². The first-order chi connectivity index (χ1) is 12.0. The van der Waals surface area contributed by atoms with Gasteiger partial charge in [-0.2, -0.15) is 5.10 Å². The van der Waals surface area contributed by atoms with E-state index in [9.17, 15) is 4.79 Å². The summed E-state index contributed by atoms with van der Waals surface area (Å²) < 4.78 is 0.923. The number of benzene rings is 2. The molecule has 2 aromatic carbocycles. The highest BCUT2D eigenvalue weighted by atomic mass is 127. The van der Waals surface area contributed by atoms with Gasteiger partial charge in [-0.25, -0.2) is 0 Å². The van der Waals surface area contributed by atoms with Crippen molar-refractivity contribution in [3.8, 4) is 0 Å². The Morgan fingerprint density at radius 1 is 1.28 bits per heavy atom. The Morgan fingerprint density at radius 2 is 2.04 bits per heavy atom. The van der Waals surface area contributed by atoms with E-state index in [1.54, 1.807) is 6.07 Å². The molecule has 3 aromatic rings. The number of nitrogens with zero attached hydrogens (tertiary/aromatic N) is 1. The fourth-order valence-electron chi connectivity index (χ4n) is 2.85. The number of aromatic amines is 1. The maximum atomic E-state index is 12.8. The molecule has 2 N–H and O–H groups in total. The van der Waals surface area contributed by atoms with Gasteiger partial charge in [0.1, 0.15) is 3.70 Å². The van der Waals surface area contributed by atoms with Gasteiger partial charge in [-0.3, -0.25) is 9.89 Å². The number of halogens is 2. The number of aromatic nitrogens is 2. The summed E-state index contributed by atoms with van der Waals surface area (Å²) in [5.41, 5.74) is 2.42. The minimum absolute atomic E-state index is 0.107. The number of fused-ring (bicyclic) bond motifs is 1. The molecule has 0 aliphatic heterocycles. The third-order valence-corrected chi connectivity index (χ3v) is 5.23. The molecule has 3 rings (SSSR count). The molecule has 0 saturated carbocycles. The predicted octanol–water partition coefficient (Wildman–Crippen LogP) is 5.34. The summed E-state index contributed by atoms with van der Waals surface area (Å²) in [6.07, 6.45) is 0.820. The molecule has 0 radical (unpaired) electrons. The van der Waals surface area contributed by atoms with Crippen LogP contribution in [0.2, 0.25) is 5.02 Å². The Bertz CT molecular complexity index is 907. The second-order valence-electron chi connectivity index (χ2n) is 6.45. The van der Waals surface area contributed by atoms with Gasteiger partial charge in [0.15, 0.2) is 0 Å². The van der Waals surface area contributed by atoms with Crippen LogP contribution in [0, 0.1) is 9.62 Å². The lowest BCUT2D eigenvalue weighted by Crippen LogP contribution is -2.29. The van der Waals surface area contributed by atoms with Crippen LogP contribution in [-0.4, -0.2) is 16.1 Å². The van der Waals surface area contributed by atoms with Gasteiger partial charge in [0.25, 0.3) is 5.91 Å². The van der Waals surface area contributed by atoms with Gasteiger partial charge >= 0.3 is 0 Å². The monoisotopic (exact) mass is 467 g/mol. The molecule has 1 aromatic heterocycles. The van der Waals surface area contributed by atoms with Gasteiger partial charge < -0.3 is 5.32 Å². The maximum Gasteiger partial charge on any atom is 0.251 e. The number of H-pyrrole nitrogens is 1. The number of carbonyl (C=O) groups excluding carboxylic acids is 1. The Kier molecular flexibility index (Phi) is 5.64. The summed E-state index contributed by atoms with van der Waals surface area (Å²) in [6.45, 7) is 4.27. The van der Waals surface area contributed by atoms with E-state index in [-0.39, 0.29) is 11.9 Å². The normalized spacial score (nSPS) is 12.5. The van der Waals surface area contributed by atoms with Crippen molar-refractivity contribution in [2.24, 2.45) is 5.92 Å². The number of nitrogens with one attached hydrogen (secondary N) is 2. The van der Waals surface area contributed by atoms with E-state index in [2.05, 4.69) is 52.0 Å². The van der Waals surface area contributed by atoms with E-state index < -0.39 is 0 Å². The quantitative estimate of drug-likeness (QED) is 0.498. The van der Waals surface area contributed by atoms with Crippen molar-refractivity contribution >= 4 is 51.0 Å². The van der Waals surface area contributed by atoms with Crippen LogP contribution in [0.25, 0.3) is 10.9 Å². The van der Waals surface area contributed by atoms with Crippen LogP contribution in [0.15, 0.2) is 42.5 Å². The fourth-order valence-corrected chi connectivity index (χ4v) is 3.67. The average Bonchev–Trinajstić information content (AvgIpc) is 2.95. The standard InChI is InChI=1S/C19H19ClIN3O/c1-11(2)9-17(13-5-3-4-6-15(13)20)22-19(25)12-7-8-16-14(10-12)18(21)24-23-16/h3-8,10-11,17H,9H2,1-2H3,(H,22,25)(H,23,24)/t17-/m0/s1. The number of hydrogen-bond acceptors (Lipinski definition) is 2. The third-order valence-electron chi connectivity index (χ3n) is 4.06. The van der Waals surface area contributed by atoms with Crippen molar-refractivity contribution in [2.45, 2.75) is 26.3 Å². The summed E-state index contributed by atoms with van der Waals surface area (Å²) in [4.78, 5) is 12.8. The molecule has 0 aliphatic rings. The highest BCUT2D eigenvalue weighted by Gasteiger charge is 2.20. The summed E-state index contributed by atoms with van der Waals surface area (Å²) in [7, 11) is 0. The zero-order chi connectivity index (χ0) is 18.0. The molecule has 1 atom stereocenters. The largest absolute Gasteiger partial charge is 0.345 e. The molecule has 1 heterocycles. The van der Waals surface area contributed by atoms with Crippen LogP contribution in [0.1, 0.15) is 42.2 Å². The van der Waals surface area contributed by atoms with Gasteiger partial charge in [0.2, 0.25) is 0 Å². The molecule has 0 aliphatic carbocycles. The summed E-state index contributed by atoms with van der Waals surface area (Å²) in [5.74, 6) is 0.323. The Balaban J connectivity index is 1.88. The van der Waals surface area contributed by atoms with Gasteiger partial charge in [0.05, 0.1) is 11.6 Å². The second-order valence-corrected chi connectivity index (χ2v) is 7.93. The van der Waals surface area contributed by atoms with Crippen molar-refractivity contribution in [1.29, 1.82) is 0 Å². The molecule has 0 unspecified atom stereocenters. The zero-order valence-electron chi connectivity index (χ0n) is 14.0. The number of amides is 1. The van der Waals surface area contributed by atoms with Crippen molar-refractivity contribution in [3.05, 3.63) is 62.3 Å². The molecule has 0 saturated heterocycles. The molecule has 25 heavy (non-hydrogen) atoms. The van der Waals surface area contributed by atoms with Gasteiger partial charge in [-0.1, -0.05) is 43.6 Å². The zero-order valence-corrected chi connectivity index (χ0v) is 16.9. The van der Waals surface area contributed by atoms with Crippen molar-refractivity contribution in [1.82, 2.24) is 15.5 Å². The van der Waals surface area contributed by atoms with Crippen LogP contribution < -0.4 is 5.32 Å². The van der Waals surface area contributed by atoms with E-state index >= 15 is 0 Å². The van der Waals surface area contributed by atoms with E-state index in [4.69, 9.17) is 11.6 Å². The number of hydrogen-bond donors (Lipinski definition) is 2. The second kappa shape index (κ2) is 7.74. The molecular weight excluding hydrogens is 449 g/mol. The van der Waals surface area contributed by atoms with Crippen molar-refractivity contribution < 1.29 is 4.79 Å². The lowest BCUT2D eigenvalue weighted by molar-refractivity contribution is 0.0932. The smallest absolute Gasteiger partial charge is 0.251 e. The molecular formula is C19H19ClIN3O. The lowest BCUT2D eigenvalue weighted by Gasteiger charge is -2.22. The van der Waals surface area contributed by atoms with Gasteiger partial charge in [-0.05, 0) is 64.8 Å². The van der Waals surface area contributed by atoms with E-state index in [0.717, 1.165) is 26.6 Å². The summed E-state index contributed by atoms with van der Waals surface area (Å²) in [6, 6.07) is 13.1. The topological polar surface area (TPSA) is 57.8 Å².